The Hall–Kier alpha value is -3.17. The molecule has 0 saturated heterocycles. The van der Waals surface area contributed by atoms with Gasteiger partial charge in [-0.25, -0.2) is 4.79 Å². The van der Waals surface area contributed by atoms with Crippen LogP contribution in [0.5, 0.6) is 0 Å². The predicted molar refractivity (Wildman–Crippen MR) is 178 cm³/mol. The first-order valence-electron chi connectivity index (χ1n) is 16.8. The number of benzene rings is 2. The van der Waals surface area contributed by atoms with Gasteiger partial charge in [0, 0.05) is 6.42 Å². The highest BCUT2D eigenvalue weighted by atomic mass is 16.5. The Kier molecular flexibility index (Phi) is 14.6. The number of hydrogen-bond donors (Lipinski definition) is 5. The average molecular weight is 626 g/mol. The Morgan fingerprint density at radius 3 is 2.13 bits per heavy atom. The molecule has 0 aliphatic heterocycles. The number of rotatable bonds is 16. The van der Waals surface area contributed by atoms with Crippen LogP contribution < -0.4 is 16.0 Å². The first kappa shape index (κ1) is 36.3. The van der Waals surface area contributed by atoms with Crippen molar-refractivity contribution in [2.75, 3.05) is 6.61 Å². The summed E-state index contributed by atoms with van der Waals surface area (Å²) in [4.78, 5) is 40.2. The van der Waals surface area contributed by atoms with Crippen LogP contribution in [0.15, 0.2) is 42.5 Å². The second-order valence-corrected chi connectivity index (χ2v) is 13.5. The van der Waals surface area contributed by atoms with E-state index in [1.807, 2.05) is 70.2 Å². The summed E-state index contributed by atoms with van der Waals surface area (Å²) in [5.74, 6) is -0.306. The molecule has 0 bridgehead atoms. The molecule has 5 atom stereocenters. The first-order chi connectivity index (χ1) is 21.5. The topological polar surface area (TPSA) is 137 Å². The minimum Gasteiger partial charge on any atom is -0.450 e. The van der Waals surface area contributed by atoms with Gasteiger partial charge in [0.15, 0.2) is 0 Å². The summed E-state index contributed by atoms with van der Waals surface area (Å²) >= 11 is 0. The minimum absolute atomic E-state index is 0.0730. The Bertz CT molecular complexity index is 1220. The van der Waals surface area contributed by atoms with Gasteiger partial charge in [-0.1, -0.05) is 102 Å². The molecule has 250 valence electrons. The van der Waals surface area contributed by atoms with Crippen molar-refractivity contribution in [1.29, 1.82) is 0 Å². The summed E-state index contributed by atoms with van der Waals surface area (Å²) in [6.07, 6.45) is 4.22. The fraction of sp³-hybridized carbons (Fsp3) is 0.639. The highest BCUT2D eigenvalue weighted by molar-refractivity contribution is 5.92. The number of ether oxygens (including phenoxy) is 1. The lowest BCUT2D eigenvalue weighted by Crippen LogP contribution is -2.58. The van der Waals surface area contributed by atoms with Crippen molar-refractivity contribution in [3.8, 4) is 0 Å². The fourth-order valence-corrected chi connectivity index (χ4v) is 6.43. The lowest BCUT2D eigenvalue weighted by Gasteiger charge is -2.34. The average Bonchev–Trinajstić information content (AvgIpc) is 2.99. The monoisotopic (exact) mass is 625 g/mol. The zero-order valence-electron chi connectivity index (χ0n) is 27.8. The van der Waals surface area contributed by atoms with Crippen LogP contribution in [0.3, 0.4) is 0 Å². The largest absolute Gasteiger partial charge is 0.450 e. The Morgan fingerprint density at radius 2 is 1.47 bits per heavy atom. The highest BCUT2D eigenvalue weighted by Gasteiger charge is 2.34. The molecule has 2 aromatic carbocycles. The van der Waals surface area contributed by atoms with E-state index >= 15 is 0 Å². The van der Waals surface area contributed by atoms with Gasteiger partial charge >= 0.3 is 6.09 Å². The van der Waals surface area contributed by atoms with Crippen LogP contribution in [0.1, 0.15) is 91.5 Å². The standard InChI is InChI=1S/C36H55N3O6/c1-6-45-36(44)39-31(22-27-17-12-16-26-15-10-11-18-28(26)27)35(43)38-30(19-23(2)3)34(42)37-29(21-25-13-8-7-9-14-25)33(41)32(40)20-24(4)5/h10-12,15-18,23-25,29-33,40-41H,6-9,13-14,19-22H2,1-5H3,(H,37,42)(H,38,43)(H,39,44)/t29-,30-,31-,32-,33+/m0/s1. The van der Waals surface area contributed by atoms with Gasteiger partial charge in [-0.2, -0.15) is 0 Å². The summed E-state index contributed by atoms with van der Waals surface area (Å²) < 4.78 is 5.10. The van der Waals surface area contributed by atoms with Gasteiger partial charge in [0.2, 0.25) is 11.8 Å². The molecule has 0 radical (unpaired) electrons. The predicted octanol–water partition coefficient (Wildman–Crippen LogP) is 5.25. The van der Waals surface area contributed by atoms with Crippen molar-refractivity contribution in [2.45, 2.75) is 123 Å². The van der Waals surface area contributed by atoms with Crippen molar-refractivity contribution in [3.05, 3.63) is 48.0 Å². The van der Waals surface area contributed by atoms with Gasteiger partial charge in [-0.05, 0) is 60.3 Å². The molecule has 9 heteroatoms. The minimum atomic E-state index is -1.13. The maximum atomic E-state index is 13.9. The van der Waals surface area contributed by atoms with Crippen LogP contribution in [0.4, 0.5) is 4.79 Å². The zero-order chi connectivity index (χ0) is 32.9. The molecule has 2 aromatic rings. The fourth-order valence-electron chi connectivity index (χ4n) is 6.43. The van der Waals surface area contributed by atoms with Crippen LogP contribution in [-0.4, -0.2) is 65.1 Å². The van der Waals surface area contributed by atoms with E-state index in [1.165, 1.54) is 6.42 Å². The van der Waals surface area contributed by atoms with E-state index in [-0.39, 0.29) is 24.9 Å². The third-order valence-electron chi connectivity index (χ3n) is 8.69. The van der Waals surface area contributed by atoms with Crippen LogP contribution >= 0.6 is 0 Å². The lowest BCUT2D eigenvalue weighted by atomic mass is 9.82. The number of aliphatic hydroxyl groups is 2. The van der Waals surface area contributed by atoms with Crippen LogP contribution in [0.2, 0.25) is 0 Å². The third kappa shape index (κ3) is 11.6. The van der Waals surface area contributed by atoms with Crippen LogP contribution in [-0.2, 0) is 20.7 Å². The number of carbonyl (C=O) groups excluding carboxylic acids is 3. The third-order valence-corrected chi connectivity index (χ3v) is 8.69. The molecule has 9 nitrogen and oxygen atoms in total. The number of hydrogen-bond acceptors (Lipinski definition) is 6. The number of carbonyl (C=O) groups is 3. The molecular formula is C36H55N3O6. The lowest BCUT2D eigenvalue weighted by molar-refractivity contribution is -0.131. The Balaban J connectivity index is 1.83. The quantitative estimate of drug-likeness (QED) is 0.173. The maximum absolute atomic E-state index is 13.9. The summed E-state index contributed by atoms with van der Waals surface area (Å²) in [5.41, 5.74) is 0.879. The van der Waals surface area contributed by atoms with Crippen LogP contribution in [0, 0.1) is 17.8 Å². The van der Waals surface area contributed by atoms with Gasteiger partial charge in [0.25, 0.3) is 0 Å². The van der Waals surface area contributed by atoms with E-state index in [2.05, 4.69) is 16.0 Å². The number of amides is 3. The van der Waals surface area contributed by atoms with Crippen LogP contribution in [0.25, 0.3) is 10.8 Å². The van der Waals surface area contributed by atoms with Gasteiger partial charge in [-0.15, -0.1) is 0 Å². The van der Waals surface area contributed by atoms with E-state index in [0.29, 0.717) is 25.2 Å². The molecule has 0 heterocycles. The maximum Gasteiger partial charge on any atom is 0.407 e. The number of nitrogens with one attached hydrogen (secondary N) is 3. The molecule has 3 amide bonds. The molecule has 1 aliphatic carbocycles. The van der Waals surface area contributed by atoms with Gasteiger partial charge in [0.05, 0.1) is 18.8 Å². The molecule has 3 rings (SSSR count). The first-order valence-corrected chi connectivity index (χ1v) is 16.8. The van der Waals surface area contributed by atoms with E-state index < -0.39 is 48.2 Å². The number of aliphatic hydroxyl groups excluding tert-OH is 2. The normalized spacial score (nSPS) is 17.4. The van der Waals surface area contributed by atoms with Gasteiger partial charge in [0.1, 0.15) is 18.2 Å². The second kappa shape index (κ2) is 18.1. The van der Waals surface area contributed by atoms with Crippen molar-refractivity contribution in [1.82, 2.24) is 16.0 Å². The van der Waals surface area contributed by atoms with E-state index in [4.69, 9.17) is 4.74 Å². The van der Waals surface area contributed by atoms with Gasteiger partial charge < -0.3 is 30.9 Å². The van der Waals surface area contributed by atoms with E-state index in [0.717, 1.165) is 42.0 Å². The molecule has 45 heavy (non-hydrogen) atoms. The van der Waals surface area contributed by atoms with Crippen molar-refractivity contribution >= 4 is 28.7 Å². The van der Waals surface area contributed by atoms with Crippen molar-refractivity contribution < 1.29 is 29.3 Å². The summed E-state index contributed by atoms with van der Waals surface area (Å²) in [6, 6.07) is 11.1. The Labute approximate surface area is 268 Å². The summed E-state index contributed by atoms with van der Waals surface area (Å²) in [6.45, 7) is 9.75. The highest BCUT2D eigenvalue weighted by Crippen LogP contribution is 2.29. The van der Waals surface area contributed by atoms with E-state index in [9.17, 15) is 24.6 Å². The molecular weight excluding hydrogens is 570 g/mol. The number of alkyl carbamates (subject to hydrolysis) is 1. The zero-order valence-corrected chi connectivity index (χ0v) is 27.8. The molecule has 0 aromatic heterocycles. The summed E-state index contributed by atoms with van der Waals surface area (Å²) in [7, 11) is 0. The van der Waals surface area contributed by atoms with Gasteiger partial charge in [-0.3, -0.25) is 9.59 Å². The molecule has 0 unspecified atom stereocenters. The Morgan fingerprint density at radius 1 is 0.822 bits per heavy atom. The summed E-state index contributed by atoms with van der Waals surface area (Å²) in [5, 5.41) is 32.7. The molecule has 1 fully saturated rings. The molecule has 0 spiro atoms. The number of fused-ring (bicyclic) bond motifs is 1. The molecule has 1 saturated carbocycles. The van der Waals surface area contributed by atoms with Crippen molar-refractivity contribution in [3.63, 3.8) is 0 Å². The SMILES string of the molecule is CCOC(=O)N[C@@H](Cc1cccc2ccccc12)C(=O)N[C@@H](CC(C)C)C(=O)N[C@@H](CC1CCCCC1)[C@@H](O)[C@@H](O)CC(C)C. The molecule has 5 N–H and O–H groups in total. The molecule has 1 aliphatic rings. The van der Waals surface area contributed by atoms with E-state index in [1.54, 1.807) is 6.92 Å². The smallest absolute Gasteiger partial charge is 0.407 e. The van der Waals surface area contributed by atoms with Crippen molar-refractivity contribution in [2.24, 2.45) is 17.8 Å². The second-order valence-electron chi connectivity index (χ2n) is 13.5.